The van der Waals surface area contributed by atoms with E-state index in [9.17, 15) is 18.8 Å². The van der Waals surface area contributed by atoms with Gasteiger partial charge in [-0.05, 0) is 37.1 Å². The number of hydrogen-bond donors (Lipinski definition) is 6. The molecule has 6 rings (SSSR count). The van der Waals surface area contributed by atoms with Crippen LogP contribution in [0.5, 0.6) is 0 Å². The van der Waals surface area contributed by atoms with Gasteiger partial charge in [-0.15, -0.1) is 0 Å². The number of alkyl halides is 1. The fourth-order valence-electron chi connectivity index (χ4n) is 4.71. The number of aromatic nitrogens is 6. The van der Waals surface area contributed by atoms with Crippen molar-refractivity contribution in [1.29, 1.82) is 0 Å². The summed E-state index contributed by atoms with van der Waals surface area (Å²) in [5, 5.41) is 26.6. The summed E-state index contributed by atoms with van der Waals surface area (Å²) < 4.78 is 33.1. The summed E-state index contributed by atoms with van der Waals surface area (Å²) in [5.74, 6) is 0.486. The van der Waals surface area contributed by atoms with E-state index in [0.29, 0.717) is 6.42 Å². The Labute approximate surface area is 260 Å². The average molecular weight is 650 g/mol. The first-order valence-electron chi connectivity index (χ1n) is 14.2. The normalized spacial score (nSPS) is 26.7. The van der Waals surface area contributed by atoms with Crippen LogP contribution in [0.25, 0.3) is 0 Å². The molecule has 0 aromatic carbocycles. The van der Waals surface area contributed by atoms with Gasteiger partial charge in [-0.3, -0.25) is 13.7 Å². The predicted molar refractivity (Wildman–Crippen MR) is 160 cm³/mol. The fourth-order valence-corrected chi connectivity index (χ4v) is 4.71. The van der Waals surface area contributed by atoms with Crippen molar-refractivity contribution in [2.75, 3.05) is 37.0 Å². The van der Waals surface area contributed by atoms with Crippen molar-refractivity contribution in [3.05, 3.63) is 80.4 Å². The number of aliphatic hydroxyl groups excluding tert-OH is 3. The Hall–Kier alpha value is -4.53. The van der Waals surface area contributed by atoms with Crippen molar-refractivity contribution in [1.82, 2.24) is 28.7 Å². The van der Waals surface area contributed by atoms with Crippen LogP contribution >= 0.6 is 0 Å². The Morgan fingerprint density at radius 1 is 0.717 bits per heavy atom. The van der Waals surface area contributed by atoms with E-state index in [2.05, 4.69) is 15.0 Å². The fraction of sp³-hybridized carbons (Fsp3) is 0.481. The van der Waals surface area contributed by atoms with Crippen LogP contribution in [0.3, 0.4) is 0 Å². The molecule has 0 saturated carbocycles. The van der Waals surface area contributed by atoms with Crippen molar-refractivity contribution < 1.29 is 33.9 Å². The Balaban J connectivity index is 0.000000157. The number of aliphatic hydroxyl groups is 3. The number of hydrogen-bond acceptors (Lipinski definition) is 15. The Kier molecular flexibility index (Phi) is 11.7. The zero-order chi connectivity index (χ0) is 33.4. The van der Waals surface area contributed by atoms with Gasteiger partial charge in [0.15, 0.2) is 6.23 Å². The summed E-state index contributed by atoms with van der Waals surface area (Å²) in [5.41, 5.74) is 14.6. The first kappa shape index (κ1) is 34.3. The highest BCUT2D eigenvalue weighted by Crippen LogP contribution is 2.29. The van der Waals surface area contributed by atoms with Gasteiger partial charge < -0.3 is 46.7 Å². The predicted octanol–water partition coefficient (Wildman–Crippen LogP) is -1.79. The van der Waals surface area contributed by atoms with Gasteiger partial charge in [-0.1, -0.05) is 6.08 Å². The van der Waals surface area contributed by atoms with E-state index in [-0.39, 0.29) is 55.5 Å². The molecule has 7 atom stereocenters. The van der Waals surface area contributed by atoms with Crippen LogP contribution in [0.2, 0.25) is 0 Å². The molecule has 18 nitrogen and oxygen atoms in total. The van der Waals surface area contributed by atoms with E-state index in [1.807, 2.05) is 0 Å². The molecule has 2 saturated heterocycles. The van der Waals surface area contributed by atoms with Crippen LogP contribution in [-0.2, 0) is 14.2 Å². The van der Waals surface area contributed by atoms with Gasteiger partial charge in [0.25, 0.3) is 0 Å². The lowest BCUT2D eigenvalue weighted by molar-refractivity contribution is -0.0355. The average Bonchev–Trinajstić information content (AvgIpc) is 3.78. The number of rotatable bonds is 6. The third kappa shape index (κ3) is 8.59. The van der Waals surface area contributed by atoms with Crippen molar-refractivity contribution in [3.8, 4) is 0 Å². The van der Waals surface area contributed by atoms with E-state index >= 15 is 0 Å². The van der Waals surface area contributed by atoms with Gasteiger partial charge >= 0.3 is 17.1 Å². The van der Waals surface area contributed by atoms with Gasteiger partial charge in [0.2, 0.25) is 0 Å². The van der Waals surface area contributed by atoms with Crippen LogP contribution < -0.4 is 34.3 Å². The van der Waals surface area contributed by atoms with Crippen LogP contribution in [-0.4, -0.2) is 88.3 Å². The molecule has 46 heavy (non-hydrogen) atoms. The van der Waals surface area contributed by atoms with E-state index in [1.165, 1.54) is 38.2 Å². The highest BCUT2D eigenvalue weighted by molar-refractivity contribution is 5.25. The second kappa shape index (κ2) is 15.7. The SMILES string of the molecule is Nc1ccn([C@H]2C=C[C@@H](CO)O2)c(=O)n1.Nc1ccn([C@H]2CC[C@@H](CO)O2)c(=O)n1.Nc1ccn([C@H]2C[C@@H](F)[C@@H](CO)O2)c(=O)n1. The van der Waals surface area contributed by atoms with Crippen LogP contribution in [0.15, 0.2) is 63.3 Å². The van der Waals surface area contributed by atoms with Crippen molar-refractivity contribution in [2.24, 2.45) is 0 Å². The molecular weight excluding hydrogens is 613 g/mol. The molecule has 0 unspecified atom stereocenters. The standard InChI is InChI=1S/C9H12FN3O3.C9H13N3O3.C9H11N3O3/c10-5-3-8(16-6(5)4-14)13-2-1-7(11)12-9(13)15;2*10-7-3-4-12(9(14)11-7)8-2-1-6(5-13)15-8/h1-2,5-6,8,14H,3-4H2,(H2,11,12,15);3-4,6,8,13H,1-2,5H2,(H2,10,11,14);1-4,6,8,13H,5H2,(H2,10,11,14)/t5-,6-,8-;2*6-,8+/m100/s1. The van der Waals surface area contributed by atoms with Crippen LogP contribution in [0.1, 0.15) is 37.9 Å². The topological polar surface area (TPSA) is 271 Å². The number of anilines is 3. The molecule has 19 heteroatoms. The Morgan fingerprint density at radius 3 is 1.70 bits per heavy atom. The molecule has 3 aromatic rings. The van der Waals surface area contributed by atoms with E-state index < -0.39 is 48.4 Å². The van der Waals surface area contributed by atoms with Crippen molar-refractivity contribution in [3.63, 3.8) is 0 Å². The summed E-state index contributed by atoms with van der Waals surface area (Å²) in [7, 11) is 0. The molecular formula is C27H36FN9O9. The lowest BCUT2D eigenvalue weighted by Gasteiger charge is -2.14. The van der Waals surface area contributed by atoms with Crippen molar-refractivity contribution >= 4 is 17.5 Å². The van der Waals surface area contributed by atoms with Gasteiger partial charge in [-0.2, -0.15) is 15.0 Å². The highest BCUT2D eigenvalue weighted by Gasteiger charge is 2.36. The summed E-state index contributed by atoms with van der Waals surface area (Å²) >= 11 is 0. The van der Waals surface area contributed by atoms with Gasteiger partial charge in [0.1, 0.15) is 48.3 Å². The first-order valence-corrected chi connectivity index (χ1v) is 14.2. The third-order valence-corrected chi connectivity index (χ3v) is 7.06. The van der Waals surface area contributed by atoms with Gasteiger partial charge in [0, 0.05) is 25.0 Å². The molecule has 6 heterocycles. The maximum absolute atomic E-state index is 13.3. The minimum Gasteiger partial charge on any atom is -0.394 e. The van der Waals surface area contributed by atoms with E-state index in [0.717, 1.165) is 6.42 Å². The molecule has 0 bridgehead atoms. The van der Waals surface area contributed by atoms with E-state index in [1.54, 1.807) is 24.4 Å². The summed E-state index contributed by atoms with van der Waals surface area (Å²) in [4.78, 5) is 45.0. The molecule has 2 fully saturated rings. The third-order valence-electron chi connectivity index (χ3n) is 7.06. The van der Waals surface area contributed by atoms with Crippen LogP contribution in [0.4, 0.5) is 21.8 Å². The molecule has 3 aromatic heterocycles. The zero-order valence-corrected chi connectivity index (χ0v) is 24.5. The monoisotopic (exact) mass is 649 g/mol. The Morgan fingerprint density at radius 2 is 1.26 bits per heavy atom. The summed E-state index contributed by atoms with van der Waals surface area (Å²) in [6.45, 7) is -0.535. The molecule has 9 N–H and O–H groups in total. The lowest BCUT2D eigenvalue weighted by Crippen LogP contribution is -2.28. The molecule has 250 valence electrons. The minimum atomic E-state index is -1.28. The number of ether oxygens (including phenoxy) is 3. The largest absolute Gasteiger partial charge is 0.394 e. The summed E-state index contributed by atoms with van der Waals surface area (Å²) in [6, 6.07) is 4.51. The quantitative estimate of drug-likeness (QED) is 0.161. The smallest absolute Gasteiger partial charge is 0.351 e. The maximum atomic E-state index is 13.3. The van der Waals surface area contributed by atoms with Crippen molar-refractivity contribution in [2.45, 2.75) is 62.4 Å². The second-order valence-corrected chi connectivity index (χ2v) is 10.3. The molecule has 0 spiro atoms. The van der Waals surface area contributed by atoms with Crippen LogP contribution in [0, 0.1) is 0 Å². The molecule has 3 aliphatic rings. The number of nitrogen functional groups attached to an aromatic ring is 3. The number of halogens is 1. The first-order chi connectivity index (χ1) is 22.0. The highest BCUT2D eigenvalue weighted by atomic mass is 19.1. The lowest BCUT2D eigenvalue weighted by atomic mass is 10.2. The van der Waals surface area contributed by atoms with Gasteiger partial charge in [0.05, 0.1) is 25.9 Å². The maximum Gasteiger partial charge on any atom is 0.351 e. The molecule has 0 radical (unpaired) electrons. The number of nitrogens with zero attached hydrogens (tertiary/aromatic N) is 6. The minimum absolute atomic E-state index is 0.0202. The number of nitrogens with two attached hydrogens (primary N) is 3. The Bertz CT molecular complexity index is 1670. The summed E-state index contributed by atoms with van der Waals surface area (Å²) in [6.07, 6.45) is 5.08. The van der Waals surface area contributed by atoms with Gasteiger partial charge in [-0.25, -0.2) is 18.8 Å². The zero-order valence-electron chi connectivity index (χ0n) is 24.5. The molecule has 0 aliphatic carbocycles. The second-order valence-electron chi connectivity index (χ2n) is 10.3. The molecule has 3 aliphatic heterocycles. The van der Waals surface area contributed by atoms with E-state index in [4.69, 9.17) is 46.7 Å². The molecule has 0 amide bonds.